The first-order chi connectivity index (χ1) is 10.3. The Morgan fingerprint density at radius 3 is 2.70 bits per heavy atom. The Labute approximate surface area is 143 Å². The van der Waals surface area contributed by atoms with Crippen molar-refractivity contribution in [1.29, 1.82) is 0 Å². The van der Waals surface area contributed by atoms with E-state index in [1.165, 1.54) is 24.3 Å². The summed E-state index contributed by atoms with van der Waals surface area (Å²) in [6.07, 6.45) is -1.02. The monoisotopic (exact) mass is 368 g/mol. The summed E-state index contributed by atoms with van der Waals surface area (Å²) < 4.78 is 38.3. The Hall–Kier alpha value is -1.24. The maximum atomic E-state index is 12.8. The summed E-state index contributed by atoms with van der Waals surface area (Å²) in [5.41, 5.74) is 4.93. The summed E-state index contributed by atoms with van der Waals surface area (Å²) in [6, 6.07) is 3.54. The molecular weight excluding hydrogens is 352 g/mol. The average Bonchev–Trinajstić information content (AvgIpc) is 2.94. The van der Waals surface area contributed by atoms with Crippen LogP contribution >= 0.6 is 24.0 Å². The van der Waals surface area contributed by atoms with Gasteiger partial charge in [-0.05, 0) is 42.7 Å². The topological polar surface area (TPSA) is 46.3 Å². The molecule has 0 bridgehead atoms. The Bertz CT molecular complexity index is 591. The van der Waals surface area contributed by atoms with E-state index in [0.717, 1.165) is 12.5 Å². The van der Waals surface area contributed by atoms with E-state index in [0.29, 0.717) is 25.6 Å². The maximum absolute atomic E-state index is 12.8. The van der Waals surface area contributed by atoms with Gasteiger partial charge in [0.1, 0.15) is 0 Å². The number of nitrogens with two attached hydrogens (primary N) is 1. The number of halogens is 5. The number of hydrogen-bond donors (Lipinski definition) is 1. The van der Waals surface area contributed by atoms with Gasteiger partial charge >= 0.3 is 6.18 Å². The van der Waals surface area contributed by atoms with Gasteiger partial charge < -0.3 is 10.6 Å². The van der Waals surface area contributed by atoms with Gasteiger partial charge in [-0.25, -0.2) is 0 Å². The average molecular weight is 369 g/mol. The molecule has 1 atom stereocenters. The smallest absolute Gasteiger partial charge is 0.339 e. The van der Waals surface area contributed by atoms with E-state index in [9.17, 15) is 18.0 Å². The molecule has 0 saturated carbocycles. The lowest BCUT2D eigenvalue weighted by atomic mass is 10.1. The Balaban J connectivity index is 0.00000264. The normalized spacial score (nSPS) is 18.3. The predicted octanol–water partition coefficient (Wildman–Crippen LogP) is 3.60. The molecule has 1 unspecified atom stereocenters. The van der Waals surface area contributed by atoms with Gasteiger partial charge in [-0.2, -0.15) is 13.2 Å². The van der Waals surface area contributed by atoms with E-state index in [2.05, 4.69) is 0 Å². The van der Waals surface area contributed by atoms with Crippen LogP contribution in [0, 0.1) is 5.92 Å². The van der Waals surface area contributed by atoms with Gasteiger partial charge in [-0.15, -0.1) is 12.4 Å². The van der Waals surface area contributed by atoms with Gasteiger partial charge in [-0.3, -0.25) is 4.79 Å². The van der Waals surface area contributed by atoms with E-state index < -0.39 is 11.7 Å². The number of rotatable bonds is 3. The molecule has 128 valence electrons. The molecule has 23 heavy (non-hydrogen) atoms. The molecular formula is C15H17Cl2F3N2O. The van der Waals surface area contributed by atoms with Crippen molar-refractivity contribution in [1.82, 2.24) is 4.90 Å². The molecule has 2 N–H and O–H groups in total. The molecule has 0 aliphatic carbocycles. The van der Waals surface area contributed by atoms with Crippen LogP contribution in [0.25, 0.3) is 6.08 Å². The molecule has 3 nitrogen and oxygen atoms in total. The lowest BCUT2D eigenvalue weighted by Gasteiger charge is -2.13. The number of hydrogen-bond acceptors (Lipinski definition) is 2. The van der Waals surface area contributed by atoms with Crippen molar-refractivity contribution >= 4 is 36.0 Å². The molecule has 8 heteroatoms. The summed E-state index contributed by atoms with van der Waals surface area (Å²) in [6.45, 7) is 1.74. The molecule has 0 radical (unpaired) electrons. The minimum absolute atomic E-state index is 0. The van der Waals surface area contributed by atoms with E-state index >= 15 is 0 Å². The minimum Gasteiger partial charge on any atom is -0.339 e. The van der Waals surface area contributed by atoms with E-state index in [1.54, 1.807) is 4.90 Å². The lowest BCUT2D eigenvalue weighted by molar-refractivity contribution is -0.137. The first kappa shape index (κ1) is 19.8. The first-order valence-corrected chi connectivity index (χ1v) is 7.23. The Kier molecular flexibility index (Phi) is 6.92. The fraction of sp³-hybridized carbons (Fsp3) is 0.400. The Morgan fingerprint density at radius 2 is 2.13 bits per heavy atom. The van der Waals surface area contributed by atoms with Gasteiger partial charge in [0.05, 0.1) is 10.6 Å². The fourth-order valence-electron chi connectivity index (χ4n) is 2.36. The van der Waals surface area contributed by atoms with Crippen LogP contribution < -0.4 is 5.73 Å². The quantitative estimate of drug-likeness (QED) is 0.828. The Morgan fingerprint density at radius 1 is 1.43 bits per heavy atom. The van der Waals surface area contributed by atoms with Gasteiger partial charge in [0.2, 0.25) is 5.91 Å². The number of carbonyl (C=O) groups excluding carboxylic acids is 1. The van der Waals surface area contributed by atoms with E-state index in [4.69, 9.17) is 17.3 Å². The van der Waals surface area contributed by atoms with Crippen molar-refractivity contribution in [2.45, 2.75) is 12.6 Å². The number of benzene rings is 1. The zero-order chi connectivity index (χ0) is 16.3. The molecule has 1 aromatic carbocycles. The van der Waals surface area contributed by atoms with Crippen molar-refractivity contribution < 1.29 is 18.0 Å². The van der Waals surface area contributed by atoms with Crippen LogP contribution in [0.15, 0.2) is 24.3 Å². The third-order valence-corrected chi connectivity index (χ3v) is 3.97. The minimum atomic E-state index is -4.52. The van der Waals surface area contributed by atoms with E-state index in [1.807, 2.05) is 0 Å². The standard InChI is InChI=1S/C15H16ClF3N2O.ClH/c16-13-3-1-10(7-12(13)15(17,18)19)2-4-14(22)21-6-5-11(8-20)9-21;/h1-4,7,11H,5-6,8-9,20H2;1H/b4-2+;. The van der Waals surface area contributed by atoms with Crippen LogP contribution in [0.2, 0.25) is 5.02 Å². The molecule has 2 rings (SSSR count). The number of amides is 1. The second kappa shape index (κ2) is 8.04. The molecule has 0 spiro atoms. The van der Waals surface area contributed by atoms with Crippen molar-refractivity contribution in [3.63, 3.8) is 0 Å². The zero-order valence-corrected chi connectivity index (χ0v) is 13.7. The molecule has 1 aliphatic heterocycles. The number of likely N-dealkylation sites (tertiary alicyclic amines) is 1. The van der Waals surface area contributed by atoms with Crippen molar-refractivity contribution in [2.24, 2.45) is 11.7 Å². The molecule has 0 aromatic heterocycles. The van der Waals surface area contributed by atoms with Gasteiger partial charge in [0.25, 0.3) is 0 Å². The number of nitrogens with zero attached hydrogens (tertiary/aromatic N) is 1. The highest BCUT2D eigenvalue weighted by Gasteiger charge is 2.33. The SMILES string of the molecule is Cl.NCC1CCN(C(=O)/C=C/c2ccc(Cl)c(C(F)(F)F)c2)C1. The van der Waals surface area contributed by atoms with Crippen LogP contribution in [-0.2, 0) is 11.0 Å². The second-order valence-corrected chi connectivity index (χ2v) is 5.65. The highest BCUT2D eigenvalue weighted by molar-refractivity contribution is 6.31. The summed E-state index contributed by atoms with van der Waals surface area (Å²) in [5.74, 6) is 0.0733. The summed E-state index contributed by atoms with van der Waals surface area (Å²) >= 11 is 5.55. The largest absolute Gasteiger partial charge is 0.417 e. The van der Waals surface area contributed by atoms with E-state index in [-0.39, 0.29) is 28.9 Å². The highest BCUT2D eigenvalue weighted by Crippen LogP contribution is 2.35. The van der Waals surface area contributed by atoms with Crippen molar-refractivity contribution in [3.8, 4) is 0 Å². The van der Waals surface area contributed by atoms with Crippen LogP contribution in [0.5, 0.6) is 0 Å². The molecule has 1 amide bonds. The number of alkyl halides is 3. The van der Waals surface area contributed by atoms with Crippen LogP contribution in [0.3, 0.4) is 0 Å². The fourth-order valence-corrected chi connectivity index (χ4v) is 2.59. The molecule has 1 heterocycles. The van der Waals surface area contributed by atoms with Crippen LogP contribution in [0.1, 0.15) is 17.5 Å². The highest BCUT2D eigenvalue weighted by atomic mass is 35.5. The molecule has 1 saturated heterocycles. The predicted molar refractivity (Wildman–Crippen MR) is 86.5 cm³/mol. The van der Waals surface area contributed by atoms with Crippen LogP contribution in [0.4, 0.5) is 13.2 Å². The molecule has 1 fully saturated rings. The van der Waals surface area contributed by atoms with Crippen LogP contribution in [-0.4, -0.2) is 30.4 Å². The van der Waals surface area contributed by atoms with Gasteiger partial charge in [0, 0.05) is 19.2 Å². The molecule has 1 aromatic rings. The van der Waals surface area contributed by atoms with Gasteiger partial charge in [0.15, 0.2) is 0 Å². The summed E-state index contributed by atoms with van der Waals surface area (Å²) in [7, 11) is 0. The second-order valence-electron chi connectivity index (χ2n) is 5.25. The third kappa shape index (κ3) is 5.12. The van der Waals surface area contributed by atoms with Gasteiger partial charge in [-0.1, -0.05) is 17.7 Å². The third-order valence-electron chi connectivity index (χ3n) is 3.65. The van der Waals surface area contributed by atoms with Crippen molar-refractivity contribution in [2.75, 3.05) is 19.6 Å². The number of carbonyl (C=O) groups is 1. The molecule has 1 aliphatic rings. The summed E-state index contributed by atoms with van der Waals surface area (Å²) in [4.78, 5) is 13.6. The summed E-state index contributed by atoms with van der Waals surface area (Å²) in [5, 5.41) is -0.360. The lowest BCUT2D eigenvalue weighted by Crippen LogP contribution is -2.28. The van der Waals surface area contributed by atoms with Crippen molar-refractivity contribution in [3.05, 3.63) is 40.4 Å². The maximum Gasteiger partial charge on any atom is 0.417 e. The first-order valence-electron chi connectivity index (χ1n) is 6.85. The zero-order valence-electron chi connectivity index (χ0n) is 12.1.